The Hall–Kier alpha value is -2.84. The smallest absolute Gasteiger partial charge is 0.426 e. The lowest BCUT2D eigenvalue weighted by Gasteiger charge is -2.31. The van der Waals surface area contributed by atoms with Gasteiger partial charge < -0.3 is 14.9 Å². The van der Waals surface area contributed by atoms with Crippen LogP contribution in [-0.4, -0.2) is 53.7 Å². The second-order valence-corrected chi connectivity index (χ2v) is 8.66. The van der Waals surface area contributed by atoms with Gasteiger partial charge >= 0.3 is 18.3 Å². The lowest BCUT2D eigenvalue weighted by Crippen LogP contribution is -2.57. The summed E-state index contributed by atoms with van der Waals surface area (Å²) in [5.74, 6) is -1.82. The zero-order valence-electron chi connectivity index (χ0n) is 16.2. The van der Waals surface area contributed by atoms with Gasteiger partial charge in [-0.3, -0.25) is 4.55 Å². The van der Waals surface area contributed by atoms with Crippen molar-refractivity contribution >= 4 is 16.1 Å². The first-order chi connectivity index (χ1) is 15.0. The molecule has 180 valence electrons. The zero-order chi connectivity index (χ0) is 25.0. The van der Waals surface area contributed by atoms with Crippen LogP contribution in [0.15, 0.2) is 35.2 Å². The van der Waals surface area contributed by atoms with E-state index in [4.69, 9.17) is 9.66 Å². The monoisotopic (exact) mass is 500 g/mol. The summed E-state index contributed by atoms with van der Waals surface area (Å²) in [5, 5.41) is 19.3. The van der Waals surface area contributed by atoms with Gasteiger partial charge in [-0.1, -0.05) is 6.07 Å². The molecule has 7 nitrogen and oxygen atoms in total. The van der Waals surface area contributed by atoms with E-state index in [0.29, 0.717) is 11.1 Å². The van der Waals surface area contributed by atoms with E-state index in [2.05, 4.69) is 4.74 Å². The molecule has 0 saturated carbocycles. The minimum atomic E-state index is -6.05. The zero-order valence-corrected chi connectivity index (χ0v) is 17.0. The van der Waals surface area contributed by atoms with E-state index in [9.17, 15) is 44.7 Å². The molecule has 33 heavy (non-hydrogen) atoms. The fourth-order valence-corrected chi connectivity index (χ4v) is 3.92. The number of esters is 1. The molecule has 1 aliphatic rings. The first-order valence-corrected chi connectivity index (χ1v) is 10.4. The molecule has 2 aromatic rings. The average molecular weight is 500 g/mol. The maximum atomic E-state index is 12.7. The number of ether oxygens (including phenoxy) is 1. The maximum Gasteiger partial charge on any atom is 0.426 e. The molecule has 2 aromatic carbocycles. The van der Waals surface area contributed by atoms with Gasteiger partial charge in [-0.05, 0) is 41.3 Å². The minimum Gasteiger partial charge on any atom is -0.507 e. The Labute approximate surface area is 182 Å². The number of halogens is 6. The molecular formula is C19H14F6O7S. The fraction of sp³-hybridized carbons (Fsp3) is 0.316. The Balaban J connectivity index is 1.82. The lowest BCUT2D eigenvalue weighted by molar-refractivity contribution is -0.371. The number of phenols is 1. The van der Waals surface area contributed by atoms with Crippen LogP contribution in [0.3, 0.4) is 0 Å². The van der Waals surface area contributed by atoms with Crippen molar-refractivity contribution in [3.8, 4) is 16.9 Å². The van der Waals surface area contributed by atoms with Crippen molar-refractivity contribution in [3.63, 3.8) is 0 Å². The molecule has 0 aliphatic heterocycles. The van der Waals surface area contributed by atoms with Crippen LogP contribution in [0.2, 0.25) is 0 Å². The van der Waals surface area contributed by atoms with Crippen molar-refractivity contribution < 1.29 is 59.1 Å². The highest BCUT2D eigenvalue weighted by Crippen LogP contribution is 2.46. The Kier molecular flexibility index (Phi) is 5.92. The normalized spacial score (nSPS) is 14.1. The third-order valence-corrected chi connectivity index (χ3v) is 5.93. The number of hydrogen-bond acceptors (Lipinski definition) is 6. The van der Waals surface area contributed by atoms with Crippen molar-refractivity contribution in [3.05, 3.63) is 47.0 Å². The molecule has 0 atom stereocenters. The van der Waals surface area contributed by atoms with E-state index in [0.717, 1.165) is 18.2 Å². The molecule has 0 heterocycles. The molecule has 0 spiro atoms. The van der Waals surface area contributed by atoms with Crippen molar-refractivity contribution in [2.45, 2.75) is 35.7 Å². The van der Waals surface area contributed by atoms with Crippen molar-refractivity contribution in [1.82, 2.24) is 0 Å². The quantitative estimate of drug-likeness (QED) is 0.278. The van der Waals surface area contributed by atoms with Gasteiger partial charge in [-0.2, -0.15) is 34.8 Å². The van der Waals surface area contributed by atoms with Gasteiger partial charge in [0.15, 0.2) is 0 Å². The topological polar surface area (TPSA) is 121 Å². The van der Waals surface area contributed by atoms with Crippen molar-refractivity contribution in [1.29, 1.82) is 0 Å². The Bertz CT molecular complexity index is 1200. The SMILES string of the molecule is O=C(OCCC(O)(C(F)(F)F)C(F)(F)F)c1ccc2c(c1)-c1c(O)cc(S(=O)(=O)O)cc1C2. The summed E-state index contributed by atoms with van der Waals surface area (Å²) in [6.07, 6.45) is -14.0. The van der Waals surface area contributed by atoms with Gasteiger partial charge in [0.25, 0.3) is 15.7 Å². The van der Waals surface area contributed by atoms with Gasteiger partial charge in [0.05, 0.1) is 17.1 Å². The van der Waals surface area contributed by atoms with E-state index in [1.807, 2.05) is 0 Å². The Morgan fingerprint density at radius 3 is 2.15 bits per heavy atom. The van der Waals surface area contributed by atoms with Crippen molar-refractivity contribution in [2.75, 3.05) is 6.61 Å². The summed E-state index contributed by atoms with van der Waals surface area (Å²) >= 11 is 0. The number of carbonyl (C=O) groups is 1. The van der Waals surface area contributed by atoms with E-state index in [1.54, 1.807) is 0 Å². The van der Waals surface area contributed by atoms with Crippen LogP contribution >= 0.6 is 0 Å². The highest BCUT2D eigenvalue weighted by molar-refractivity contribution is 7.85. The van der Waals surface area contributed by atoms with Crippen LogP contribution < -0.4 is 0 Å². The minimum absolute atomic E-state index is 0.112. The fourth-order valence-electron chi connectivity index (χ4n) is 3.37. The largest absolute Gasteiger partial charge is 0.507 e. The standard InChI is InChI=1S/C19H14F6O7S/c20-18(21,22)17(28,19(23,24)25)3-4-32-16(27)10-2-1-9-5-11-6-12(33(29,30)31)8-14(26)15(11)13(9)7-10/h1-2,6-8,26,28H,3-5H2,(H,29,30,31). The molecule has 0 amide bonds. The number of aliphatic hydroxyl groups is 1. The van der Waals surface area contributed by atoms with Crippen LogP contribution in [0.4, 0.5) is 26.3 Å². The molecular weight excluding hydrogens is 486 g/mol. The number of hydrogen-bond donors (Lipinski definition) is 3. The third-order valence-electron chi connectivity index (χ3n) is 5.10. The van der Waals surface area contributed by atoms with E-state index < -0.39 is 57.7 Å². The molecule has 0 bridgehead atoms. The summed E-state index contributed by atoms with van der Waals surface area (Å²) in [6.45, 7) is -1.40. The van der Waals surface area contributed by atoms with Gasteiger partial charge in [-0.15, -0.1) is 0 Å². The highest BCUT2D eigenvalue weighted by Gasteiger charge is 2.70. The molecule has 14 heteroatoms. The van der Waals surface area contributed by atoms with E-state index >= 15 is 0 Å². The molecule has 0 unspecified atom stereocenters. The van der Waals surface area contributed by atoms with Crippen LogP contribution in [0.25, 0.3) is 11.1 Å². The van der Waals surface area contributed by atoms with Gasteiger partial charge in [0.2, 0.25) is 0 Å². The average Bonchev–Trinajstić information content (AvgIpc) is 3.03. The number of carbonyl (C=O) groups excluding carboxylic acids is 1. The molecule has 0 fully saturated rings. The molecule has 0 aromatic heterocycles. The van der Waals surface area contributed by atoms with Gasteiger partial charge in [0.1, 0.15) is 5.75 Å². The van der Waals surface area contributed by atoms with Crippen LogP contribution in [0, 0.1) is 0 Å². The number of phenolic OH excluding ortho intramolecular Hbond substituents is 1. The number of alkyl halides is 6. The molecule has 3 rings (SSSR count). The highest BCUT2D eigenvalue weighted by atomic mass is 32.2. The van der Waals surface area contributed by atoms with Crippen LogP contribution in [-0.2, 0) is 21.3 Å². The number of benzene rings is 2. The Morgan fingerprint density at radius 2 is 1.61 bits per heavy atom. The number of fused-ring (bicyclic) bond motifs is 3. The second kappa shape index (κ2) is 7.88. The molecule has 1 aliphatic carbocycles. The van der Waals surface area contributed by atoms with E-state index in [1.165, 1.54) is 12.1 Å². The van der Waals surface area contributed by atoms with Gasteiger partial charge in [-0.25, -0.2) is 4.79 Å². The number of rotatable bonds is 5. The summed E-state index contributed by atoms with van der Waals surface area (Å²) < 4.78 is 112. The molecule has 0 saturated heterocycles. The summed E-state index contributed by atoms with van der Waals surface area (Å²) in [5.41, 5.74) is -4.14. The van der Waals surface area contributed by atoms with Crippen LogP contribution in [0.5, 0.6) is 5.75 Å². The first kappa shape index (κ1) is 24.8. The maximum absolute atomic E-state index is 12.7. The van der Waals surface area contributed by atoms with Crippen LogP contribution in [0.1, 0.15) is 27.9 Å². The summed E-state index contributed by atoms with van der Waals surface area (Å²) in [6, 6.07) is 5.60. The van der Waals surface area contributed by atoms with E-state index in [-0.39, 0.29) is 23.1 Å². The molecule has 3 N–H and O–H groups in total. The van der Waals surface area contributed by atoms with Gasteiger partial charge in [0, 0.05) is 18.1 Å². The molecule has 0 radical (unpaired) electrons. The third kappa shape index (κ3) is 4.50. The first-order valence-electron chi connectivity index (χ1n) is 8.95. The van der Waals surface area contributed by atoms with Crippen molar-refractivity contribution in [2.24, 2.45) is 0 Å². The Morgan fingerprint density at radius 1 is 1.00 bits per heavy atom. The summed E-state index contributed by atoms with van der Waals surface area (Å²) in [4.78, 5) is 11.6. The predicted molar refractivity (Wildman–Crippen MR) is 98.1 cm³/mol. The number of aromatic hydroxyl groups is 1. The predicted octanol–water partition coefficient (Wildman–Crippen LogP) is 3.61. The lowest BCUT2D eigenvalue weighted by atomic mass is 9.99. The second-order valence-electron chi connectivity index (χ2n) is 7.24. The summed E-state index contributed by atoms with van der Waals surface area (Å²) in [7, 11) is -4.61.